The first-order chi connectivity index (χ1) is 9.02. The number of rotatable bonds is 4. The van der Waals surface area contributed by atoms with Crippen LogP contribution in [0.4, 0.5) is 0 Å². The third kappa shape index (κ3) is 3.52. The smallest absolute Gasteiger partial charge is 0.00961 e. The van der Waals surface area contributed by atoms with Crippen molar-refractivity contribution >= 4 is 0 Å². The summed E-state index contributed by atoms with van der Waals surface area (Å²) in [4.78, 5) is 2.77. The van der Waals surface area contributed by atoms with E-state index in [9.17, 15) is 0 Å². The van der Waals surface area contributed by atoms with Crippen molar-refractivity contribution in [3.8, 4) is 0 Å². The van der Waals surface area contributed by atoms with Gasteiger partial charge in [0.15, 0.2) is 0 Å². The number of hydrogen-bond donors (Lipinski definition) is 1. The van der Waals surface area contributed by atoms with Gasteiger partial charge in [0.25, 0.3) is 0 Å². The first kappa shape index (κ1) is 15.3. The van der Waals surface area contributed by atoms with Gasteiger partial charge in [-0.3, -0.25) is 4.90 Å². The molecule has 0 aromatic rings. The van der Waals surface area contributed by atoms with E-state index in [-0.39, 0.29) is 0 Å². The molecular weight excluding hydrogens is 232 g/mol. The number of hydrogen-bond acceptors (Lipinski definition) is 2. The van der Waals surface area contributed by atoms with Crippen LogP contribution in [0.25, 0.3) is 0 Å². The molecule has 0 aromatic carbocycles. The maximum atomic E-state index is 6.43. The highest BCUT2D eigenvalue weighted by Crippen LogP contribution is 2.36. The molecule has 2 N–H and O–H groups in total. The van der Waals surface area contributed by atoms with E-state index in [4.69, 9.17) is 5.73 Å². The van der Waals surface area contributed by atoms with Crippen LogP contribution in [0.2, 0.25) is 0 Å². The Bertz CT molecular complexity index is 276. The van der Waals surface area contributed by atoms with Crippen molar-refractivity contribution < 1.29 is 0 Å². The predicted molar refractivity (Wildman–Crippen MR) is 83.1 cm³/mol. The molecule has 2 fully saturated rings. The summed E-state index contributed by atoms with van der Waals surface area (Å²) in [5.74, 6) is 2.46. The molecule has 0 radical (unpaired) electrons. The topological polar surface area (TPSA) is 29.3 Å². The van der Waals surface area contributed by atoms with Gasteiger partial charge in [0.1, 0.15) is 0 Å². The minimum Gasteiger partial charge on any atom is -0.327 e. The molecule has 1 heterocycles. The second kappa shape index (κ2) is 6.58. The molecule has 2 rings (SSSR count). The SMILES string of the molecule is CCC1CCC(C)N1CC1CC(C(C)C)CCC1N. The fraction of sp³-hybridized carbons (Fsp3) is 1.00. The van der Waals surface area contributed by atoms with Crippen LogP contribution in [0.1, 0.15) is 66.2 Å². The van der Waals surface area contributed by atoms with Crippen molar-refractivity contribution in [2.75, 3.05) is 6.54 Å². The minimum absolute atomic E-state index is 0.445. The molecule has 1 aliphatic carbocycles. The Hall–Kier alpha value is -0.0800. The van der Waals surface area contributed by atoms with Gasteiger partial charge >= 0.3 is 0 Å². The molecule has 1 saturated heterocycles. The summed E-state index contributed by atoms with van der Waals surface area (Å²) in [7, 11) is 0. The van der Waals surface area contributed by atoms with Crippen molar-refractivity contribution in [2.45, 2.75) is 84.3 Å². The maximum absolute atomic E-state index is 6.43. The molecule has 0 spiro atoms. The summed E-state index contributed by atoms with van der Waals surface area (Å²) in [6.45, 7) is 10.8. The largest absolute Gasteiger partial charge is 0.327 e. The van der Waals surface area contributed by atoms with Gasteiger partial charge < -0.3 is 5.73 Å². The van der Waals surface area contributed by atoms with E-state index in [0.29, 0.717) is 6.04 Å². The van der Waals surface area contributed by atoms with E-state index in [1.54, 1.807) is 0 Å². The highest BCUT2D eigenvalue weighted by atomic mass is 15.2. The summed E-state index contributed by atoms with van der Waals surface area (Å²) in [6, 6.07) is 2.04. The molecule has 2 heteroatoms. The average Bonchev–Trinajstić information content (AvgIpc) is 2.73. The van der Waals surface area contributed by atoms with Gasteiger partial charge in [-0.1, -0.05) is 20.8 Å². The van der Waals surface area contributed by atoms with Gasteiger partial charge in [0.2, 0.25) is 0 Å². The monoisotopic (exact) mass is 266 g/mol. The lowest BCUT2D eigenvalue weighted by Gasteiger charge is -2.40. The Labute approximate surface area is 120 Å². The Morgan fingerprint density at radius 1 is 1.16 bits per heavy atom. The quantitative estimate of drug-likeness (QED) is 0.841. The number of nitrogens with two attached hydrogens (primary N) is 1. The first-order valence-electron chi connectivity index (χ1n) is 8.54. The summed E-state index contributed by atoms with van der Waals surface area (Å²) in [5.41, 5.74) is 6.43. The Morgan fingerprint density at radius 3 is 2.53 bits per heavy atom. The predicted octanol–water partition coefficient (Wildman–Crippen LogP) is 3.65. The zero-order chi connectivity index (χ0) is 14.0. The molecule has 5 atom stereocenters. The van der Waals surface area contributed by atoms with Gasteiger partial charge in [-0.2, -0.15) is 0 Å². The zero-order valence-corrected chi connectivity index (χ0v) is 13.4. The standard InChI is InChI=1S/C17H34N2/c1-5-16-8-6-13(4)19(16)11-15-10-14(12(2)3)7-9-17(15)18/h12-17H,5-11,18H2,1-4H3. The molecule has 1 aliphatic heterocycles. The molecular formula is C17H34N2. The van der Waals surface area contributed by atoms with Crippen molar-refractivity contribution in [1.29, 1.82) is 0 Å². The molecule has 112 valence electrons. The van der Waals surface area contributed by atoms with E-state index < -0.39 is 0 Å². The Kier molecular flexibility index (Phi) is 5.30. The fourth-order valence-electron chi connectivity index (χ4n) is 4.30. The third-order valence-electron chi connectivity index (χ3n) is 5.89. The number of likely N-dealkylation sites (tertiary alicyclic amines) is 1. The van der Waals surface area contributed by atoms with Crippen LogP contribution in [-0.4, -0.2) is 29.6 Å². The van der Waals surface area contributed by atoms with Crippen LogP contribution in [0, 0.1) is 17.8 Å². The van der Waals surface area contributed by atoms with E-state index in [1.165, 1.54) is 45.1 Å². The van der Waals surface area contributed by atoms with Gasteiger partial charge in [-0.05, 0) is 63.2 Å². The van der Waals surface area contributed by atoms with Crippen molar-refractivity contribution in [2.24, 2.45) is 23.5 Å². The van der Waals surface area contributed by atoms with Crippen LogP contribution in [-0.2, 0) is 0 Å². The molecule has 2 nitrogen and oxygen atoms in total. The summed E-state index contributed by atoms with van der Waals surface area (Å²) >= 11 is 0. The minimum atomic E-state index is 0.445. The van der Waals surface area contributed by atoms with Crippen LogP contribution in [0.15, 0.2) is 0 Å². The maximum Gasteiger partial charge on any atom is 0.00961 e. The van der Waals surface area contributed by atoms with E-state index in [0.717, 1.165) is 29.8 Å². The molecule has 2 aliphatic rings. The third-order valence-corrected chi connectivity index (χ3v) is 5.89. The fourth-order valence-corrected chi connectivity index (χ4v) is 4.30. The molecule has 0 amide bonds. The molecule has 19 heavy (non-hydrogen) atoms. The normalized spacial score (nSPS) is 41.1. The summed E-state index contributed by atoms with van der Waals surface area (Å²) < 4.78 is 0. The van der Waals surface area contributed by atoms with Crippen molar-refractivity contribution in [3.63, 3.8) is 0 Å². The van der Waals surface area contributed by atoms with E-state index >= 15 is 0 Å². The average molecular weight is 266 g/mol. The highest BCUT2D eigenvalue weighted by Gasteiger charge is 2.35. The summed E-state index contributed by atoms with van der Waals surface area (Å²) in [5, 5.41) is 0. The van der Waals surface area contributed by atoms with Gasteiger partial charge in [-0.15, -0.1) is 0 Å². The van der Waals surface area contributed by atoms with Gasteiger partial charge in [0.05, 0.1) is 0 Å². The van der Waals surface area contributed by atoms with Gasteiger partial charge in [0, 0.05) is 24.7 Å². The van der Waals surface area contributed by atoms with Crippen LogP contribution in [0.5, 0.6) is 0 Å². The second-order valence-corrected chi connectivity index (χ2v) is 7.43. The number of nitrogens with zero attached hydrogens (tertiary/aromatic N) is 1. The molecule has 1 saturated carbocycles. The van der Waals surface area contributed by atoms with Crippen LogP contribution < -0.4 is 5.73 Å². The molecule has 0 bridgehead atoms. The summed E-state index contributed by atoms with van der Waals surface area (Å²) in [6.07, 6.45) is 8.04. The zero-order valence-electron chi connectivity index (χ0n) is 13.4. The van der Waals surface area contributed by atoms with Crippen molar-refractivity contribution in [1.82, 2.24) is 4.90 Å². The first-order valence-corrected chi connectivity index (χ1v) is 8.54. The van der Waals surface area contributed by atoms with Crippen LogP contribution >= 0.6 is 0 Å². The second-order valence-electron chi connectivity index (χ2n) is 7.43. The lowest BCUT2D eigenvalue weighted by Crippen LogP contribution is -2.46. The lowest BCUT2D eigenvalue weighted by molar-refractivity contribution is 0.108. The van der Waals surface area contributed by atoms with Gasteiger partial charge in [-0.25, -0.2) is 0 Å². The van der Waals surface area contributed by atoms with E-state index in [1.807, 2.05) is 0 Å². The molecule has 0 aromatic heterocycles. The van der Waals surface area contributed by atoms with Crippen LogP contribution in [0.3, 0.4) is 0 Å². The molecule has 5 unspecified atom stereocenters. The Morgan fingerprint density at radius 2 is 1.89 bits per heavy atom. The van der Waals surface area contributed by atoms with Crippen molar-refractivity contribution in [3.05, 3.63) is 0 Å². The Balaban J connectivity index is 1.96. The van der Waals surface area contributed by atoms with E-state index in [2.05, 4.69) is 32.6 Å². The highest BCUT2D eigenvalue weighted by molar-refractivity contribution is 4.91. The lowest BCUT2D eigenvalue weighted by atomic mass is 9.73.